The van der Waals surface area contributed by atoms with E-state index in [0.29, 0.717) is 0 Å². The van der Waals surface area contributed by atoms with Crippen LogP contribution in [0, 0.1) is 0 Å². The molecule has 0 unspecified atom stereocenters. The maximum absolute atomic E-state index is 6.69. The van der Waals surface area contributed by atoms with Crippen molar-refractivity contribution < 1.29 is 4.42 Å². The van der Waals surface area contributed by atoms with Gasteiger partial charge in [0.15, 0.2) is 0 Å². The predicted octanol–water partition coefficient (Wildman–Crippen LogP) is 18.5. The number of aromatic nitrogens is 1. The maximum Gasteiger partial charge on any atom is 0.143 e. The van der Waals surface area contributed by atoms with Crippen LogP contribution in [-0.2, 0) is 0 Å². The Balaban J connectivity index is 0.882. The van der Waals surface area contributed by atoms with Crippen molar-refractivity contribution >= 4 is 60.8 Å². The van der Waals surface area contributed by atoms with E-state index in [1.54, 1.807) is 0 Å². The molecule has 0 bridgehead atoms. The van der Waals surface area contributed by atoms with Gasteiger partial charge in [0.2, 0.25) is 0 Å². The van der Waals surface area contributed by atoms with Gasteiger partial charge in [0, 0.05) is 49.7 Å². The summed E-state index contributed by atoms with van der Waals surface area (Å²) >= 11 is 0. The highest BCUT2D eigenvalue weighted by Crippen LogP contribution is 2.46. The molecule has 2 aromatic heterocycles. The van der Waals surface area contributed by atoms with Crippen molar-refractivity contribution in [2.75, 3.05) is 4.90 Å². The lowest BCUT2D eigenvalue weighted by atomic mass is 9.92. The Bertz CT molecular complexity index is 3940. The van der Waals surface area contributed by atoms with E-state index < -0.39 is 0 Å². The first kappa shape index (κ1) is 40.1. The Hall–Kier alpha value is -9.18. The standard InChI is InChI=1S/C66H44N2O/c1-3-17-48(18-4-1)55-25-7-11-29-61(55)67(53-23-16-22-51(44-53)56-41-42-60-59-28-10-14-32-64(59)69-66(60)65(56)49-19-5-2-6-20-49)52-39-37-46(38-40-52)45-33-35-47(36-34-45)50-21-15-24-54(43-50)68-62-30-12-8-26-57(62)58-27-9-13-31-63(58)68/h1-44H. The van der Waals surface area contributed by atoms with Crippen molar-refractivity contribution in [1.29, 1.82) is 0 Å². The quantitative estimate of drug-likeness (QED) is 0.144. The van der Waals surface area contributed by atoms with Gasteiger partial charge >= 0.3 is 0 Å². The van der Waals surface area contributed by atoms with Crippen molar-refractivity contribution in [3.8, 4) is 61.3 Å². The molecule has 11 aromatic carbocycles. The van der Waals surface area contributed by atoms with Gasteiger partial charge in [0.05, 0.1) is 16.7 Å². The average molecular weight is 881 g/mol. The van der Waals surface area contributed by atoms with Gasteiger partial charge in [-0.05, 0) is 111 Å². The first-order valence-electron chi connectivity index (χ1n) is 23.6. The summed E-state index contributed by atoms with van der Waals surface area (Å²) in [5.74, 6) is 0. The lowest BCUT2D eigenvalue weighted by Crippen LogP contribution is -2.11. The van der Waals surface area contributed by atoms with Crippen molar-refractivity contribution in [3.05, 3.63) is 267 Å². The molecule has 0 N–H and O–H groups in total. The van der Waals surface area contributed by atoms with Crippen LogP contribution in [0.1, 0.15) is 0 Å². The van der Waals surface area contributed by atoms with Crippen molar-refractivity contribution in [3.63, 3.8) is 0 Å². The van der Waals surface area contributed by atoms with Gasteiger partial charge < -0.3 is 13.9 Å². The third-order valence-corrected chi connectivity index (χ3v) is 13.6. The van der Waals surface area contributed by atoms with E-state index in [1.165, 1.54) is 32.9 Å². The van der Waals surface area contributed by atoms with E-state index in [0.717, 1.165) is 89.2 Å². The summed E-state index contributed by atoms with van der Waals surface area (Å²) in [5, 5.41) is 4.76. The van der Waals surface area contributed by atoms with Crippen molar-refractivity contribution in [2.24, 2.45) is 0 Å². The maximum atomic E-state index is 6.69. The lowest BCUT2D eigenvalue weighted by Gasteiger charge is -2.28. The van der Waals surface area contributed by atoms with Crippen LogP contribution >= 0.6 is 0 Å². The minimum atomic E-state index is 0.889. The molecule has 0 aliphatic heterocycles. The first-order valence-corrected chi connectivity index (χ1v) is 23.6. The Morgan fingerprint density at radius 2 is 0.855 bits per heavy atom. The number of para-hydroxylation sites is 4. The van der Waals surface area contributed by atoms with Crippen LogP contribution in [0.15, 0.2) is 271 Å². The van der Waals surface area contributed by atoms with Gasteiger partial charge in [0.1, 0.15) is 11.2 Å². The molecule has 0 radical (unpaired) electrons. The molecule has 0 amide bonds. The number of anilines is 3. The minimum absolute atomic E-state index is 0.889. The molecule has 3 heteroatoms. The number of rotatable bonds is 9. The predicted molar refractivity (Wildman–Crippen MR) is 290 cm³/mol. The summed E-state index contributed by atoms with van der Waals surface area (Å²) in [4.78, 5) is 2.39. The van der Waals surface area contributed by atoms with Crippen molar-refractivity contribution in [1.82, 2.24) is 4.57 Å². The van der Waals surface area contributed by atoms with Crippen LogP contribution in [0.2, 0.25) is 0 Å². The number of hydrogen-bond acceptors (Lipinski definition) is 2. The van der Waals surface area contributed by atoms with E-state index in [-0.39, 0.29) is 0 Å². The SMILES string of the molecule is c1ccc(-c2ccccc2N(c2ccc(-c3ccc(-c4cccc(-n5c6ccccc6c6ccccc65)c4)cc3)cc2)c2cccc(-c3ccc4c(oc5ccccc54)c3-c3ccccc3)c2)cc1. The van der Waals surface area contributed by atoms with E-state index in [4.69, 9.17) is 4.42 Å². The number of hydrogen-bond donors (Lipinski definition) is 0. The molecule has 13 aromatic rings. The number of furan rings is 1. The molecule has 69 heavy (non-hydrogen) atoms. The Morgan fingerprint density at radius 3 is 1.58 bits per heavy atom. The van der Waals surface area contributed by atoms with Gasteiger partial charge in [-0.25, -0.2) is 0 Å². The third kappa shape index (κ3) is 7.08. The molecule has 0 spiro atoms. The molecule has 3 nitrogen and oxygen atoms in total. The molecule has 2 heterocycles. The summed E-state index contributed by atoms with van der Waals surface area (Å²) in [7, 11) is 0. The zero-order valence-electron chi connectivity index (χ0n) is 37.7. The molecule has 324 valence electrons. The van der Waals surface area contributed by atoms with E-state index in [9.17, 15) is 0 Å². The third-order valence-electron chi connectivity index (χ3n) is 13.6. The number of benzene rings is 11. The van der Waals surface area contributed by atoms with E-state index >= 15 is 0 Å². The van der Waals surface area contributed by atoms with Gasteiger partial charge in [0.25, 0.3) is 0 Å². The van der Waals surface area contributed by atoms with Crippen molar-refractivity contribution in [2.45, 2.75) is 0 Å². The second-order valence-electron chi connectivity index (χ2n) is 17.6. The number of fused-ring (bicyclic) bond motifs is 6. The van der Waals surface area contributed by atoms with Crippen LogP contribution in [0.25, 0.3) is 105 Å². The molecule has 0 saturated heterocycles. The van der Waals surface area contributed by atoms with Crippen LogP contribution in [-0.4, -0.2) is 4.57 Å². The second-order valence-corrected chi connectivity index (χ2v) is 17.6. The summed E-state index contributed by atoms with van der Waals surface area (Å²) in [6.07, 6.45) is 0. The lowest BCUT2D eigenvalue weighted by molar-refractivity contribution is 0.670. The number of nitrogens with zero attached hydrogens (tertiary/aromatic N) is 2. The Kier molecular flexibility index (Phi) is 9.84. The molecule has 0 atom stereocenters. The molecule has 13 rings (SSSR count). The fraction of sp³-hybridized carbons (Fsp3) is 0. The van der Waals surface area contributed by atoms with Gasteiger partial charge in [-0.3, -0.25) is 0 Å². The zero-order valence-corrected chi connectivity index (χ0v) is 37.7. The van der Waals surface area contributed by atoms with Crippen LogP contribution in [0.5, 0.6) is 0 Å². The van der Waals surface area contributed by atoms with E-state index in [1.807, 2.05) is 6.07 Å². The summed E-state index contributed by atoms with van der Waals surface area (Å²) in [6, 6.07) is 96.0. The second kappa shape index (κ2) is 16.9. The van der Waals surface area contributed by atoms with Gasteiger partial charge in [-0.15, -0.1) is 0 Å². The summed E-state index contributed by atoms with van der Waals surface area (Å²) < 4.78 is 9.07. The van der Waals surface area contributed by atoms with Gasteiger partial charge in [-0.1, -0.05) is 200 Å². The molecule has 0 saturated carbocycles. The normalized spacial score (nSPS) is 11.5. The Labute approximate surface area is 401 Å². The van der Waals surface area contributed by atoms with Gasteiger partial charge in [-0.2, -0.15) is 0 Å². The van der Waals surface area contributed by atoms with Crippen LogP contribution in [0.3, 0.4) is 0 Å². The highest BCUT2D eigenvalue weighted by molar-refractivity contribution is 6.13. The largest absolute Gasteiger partial charge is 0.455 e. The zero-order chi connectivity index (χ0) is 45.7. The fourth-order valence-electron chi connectivity index (χ4n) is 10.4. The van der Waals surface area contributed by atoms with Crippen LogP contribution in [0.4, 0.5) is 17.1 Å². The minimum Gasteiger partial charge on any atom is -0.455 e. The highest BCUT2D eigenvalue weighted by atomic mass is 16.3. The molecule has 0 aliphatic carbocycles. The first-order chi connectivity index (χ1) is 34.2. The molecular weight excluding hydrogens is 837 g/mol. The monoisotopic (exact) mass is 880 g/mol. The average Bonchev–Trinajstić information content (AvgIpc) is 3.98. The Morgan fingerprint density at radius 1 is 0.304 bits per heavy atom. The molecule has 0 fully saturated rings. The summed E-state index contributed by atoms with van der Waals surface area (Å²) in [5.41, 5.74) is 20.0. The smallest absolute Gasteiger partial charge is 0.143 e. The van der Waals surface area contributed by atoms with Crippen LogP contribution < -0.4 is 4.90 Å². The highest BCUT2D eigenvalue weighted by Gasteiger charge is 2.21. The fourth-order valence-corrected chi connectivity index (χ4v) is 10.4. The van der Waals surface area contributed by atoms with E-state index in [2.05, 4.69) is 270 Å². The topological polar surface area (TPSA) is 21.3 Å². The summed E-state index contributed by atoms with van der Waals surface area (Å²) in [6.45, 7) is 0. The molecule has 0 aliphatic rings. The molecular formula is C66H44N2O.